The molecule has 2 rings (SSSR count). The smallest absolute Gasteiger partial charge is 0.254 e. The number of anilines is 1. The van der Waals surface area contributed by atoms with Gasteiger partial charge in [-0.2, -0.15) is 0 Å². The Balaban J connectivity index is 2.02. The molecule has 1 saturated heterocycles. The van der Waals surface area contributed by atoms with Crippen molar-refractivity contribution in [3.8, 4) is 0 Å². The van der Waals surface area contributed by atoms with Gasteiger partial charge in [-0.15, -0.1) is 0 Å². The number of pyridine rings is 1. The lowest BCUT2D eigenvalue weighted by atomic mass is 10.2. The molecule has 1 amide bonds. The number of nitrogens with zero attached hydrogens (tertiary/aromatic N) is 1. The zero-order valence-corrected chi connectivity index (χ0v) is 10.6. The van der Waals surface area contributed by atoms with E-state index in [1.165, 1.54) is 0 Å². The summed E-state index contributed by atoms with van der Waals surface area (Å²) in [5.74, 6) is 0.466. The molecular weight excluding hydrogens is 272 g/mol. The van der Waals surface area contributed by atoms with E-state index < -0.39 is 0 Å². The van der Waals surface area contributed by atoms with Gasteiger partial charge in [0.05, 0.1) is 5.69 Å². The van der Waals surface area contributed by atoms with Crippen molar-refractivity contribution in [3.63, 3.8) is 0 Å². The normalized spacial score (nSPS) is 19.8. The van der Waals surface area contributed by atoms with E-state index in [-0.39, 0.29) is 12.0 Å². The van der Waals surface area contributed by atoms with E-state index >= 15 is 0 Å². The van der Waals surface area contributed by atoms with E-state index in [4.69, 9.17) is 4.74 Å². The van der Waals surface area contributed by atoms with Gasteiger partial charge in [0.25, 0.3) is 5.91 Å². The van der Waals surface area contributed by atoms with Crippen LogP contribution in [0, 0.1) is 6.92 Å². The molecule has 1 aromatic heterocycles. The zero-order chi connectivity index (χ0) is 11.5. The molecule has 1 aromatic rings. The molecule has 5 heteroatoms. The Hall–Kier alpha value is -0.940. The van der Waals surface area contributed by atoms with Crippen LogP contribution in [0.2, 0.25) is 0 Å². The Labute approximate surface area is 103 Å². The Morgan fingerprint density at radius 3 is 3.06 bits per heavy atom. The van der Waals surface area contributed by atoms with Crippen LogP contribution < -0.4 is 5.32 Å². The Morgan fingerprint density at radius 1 is 1.62 bits per heavy atom. The van der Waals surface area contributed by atoms with Gasteiger partial charge in [-0.25, -0.2) is 4.98 Å². The molecule has 0 unspecified atom stereocenters. The molecule has 1 atom stereocenters. The van der Waals surface area contributed by atoms with Gasteiger partial charge >= 0.3 is 0 Å². The van der Waals surface area contributed by atoms with Gasteiger partial charge in [0.15, 0.2) is 0 Å². The first-order valence-electron chi connectivity index (χ1n) is 5.22. The third kappa shape index (κ3) is 2.59. The lowest BCUT2D eigenvalue weighted by Crippen LogP contribution is -2.27. The van der Waals surface area contributed by atoms with Gasteiger partial charge in [0, 0.05) is 11.1 Å². The number of rotatable bonds is 2. The molecular formula is C11H13BrN2O2. The second-order valence-electron chi connectivity index (χ2n) is 3.75. The maximum absolute atomic E-state index is 11.7. The highest BCUT2D eigenvalue weighted by molar-refractivity contribution is 9.10. The molecule has 1 N–H and O–H groups in total. The number of halogens is 1. The summed E-state index contributed by atoms with van der Waals surface area (Å²) < 4.78 is 6.22. The quantitative estimate of drug-likeness (QED) is 0.907. The topological polar surface area (TPSA) is 51.2 Å². The number of hydrogen-bond acceptors (Lipinski definition) is 3. The van der Waals surface area contributed by atoms with Crippen molar-refractivity contribution in [2.24, 2.45) is 0 Å². The summed E-state index contributed by atoms with van der Waals surface area (Å²) in [7, 11) is 0. The number of hydrogen-bond donors (Lipinski definition) is 1. The third-order valence-corrected chi connectivity index (χ3v) is 3.33. The predicted molar refractivity (Wildman–Crippen MR) is 64.3 cm³/mol. The molecule has 0 bridgehead atoms. The maximum Gasteiger partial charge on any atom is 0.254 e. The van der Waals surface area contributed by atoms with Crippen LogP contribution in [0.25, 0.3) is 0 Å². The summed E-state index contributed by atoms with van der Waals surface area (Å²) in [5.41, 5.74) is 0.852. The maximum atomic E-state index is 11.7. The van der Waals surface area contributed by atoms with Crippen molar-refractivity contribution in [1.82, 2.24) is 4.98 Å². The summed E-state index contributed by atoms with van der Waals surface area (Å²) in [6, 6.07) is 3.64. The van der Waals surface area contributed by atoms with Gasteiger partial charge in [0.1, 0.15) is 11.9 Å². The average Bonchev–Trinajstić information content (AvgIpc) is 2.77. The number of amides is 1. The van der Waals surface area contributed by atoms with Gasteiger partial charge in [-0.05, 0) is 47.8 Å². The van der Waals surface area contributed by atoms with Crippen molar-refractivity contribution in [3.05, 3.63) is 22.3 Å². The van der Waals surface area contributed by atoms with E-state index in [1.807, 2.05) is 13.0 Å². The molecule has 0 aromatic carbocycles. The van der Waals surface area contributed by atoms with Crippen molar-refractivity contribution in [2.75, 3.05) is 11.9 Å². The van der Waals surface area contributed by atoms with Gasteiger partial charge < -0.3 is 10.1 Å². The Morgan fingerprint density at radius 2 is 2.44 bits per heavy atom. The Kier molecular flexibility index (Phi) is 3.56. The van der Waals surface area contributed by atoms with Crippen LogP contribution in [0.3, 0.4) is 0 Å². The zero-order valence-electron chi connectivity index (χ0n) is 9.00. The van der Waals surface area contributed by atoms with E-state index in [0.29, 0.717) is 12.4 Å². The number of nitrogens with one attached hydrogen (secondary N) is 1. The number of carbonyl (C=O) groups is 1. The summed E-state index contributed by atoms with van der Waals surface area (Å²) >= 11 is 3.36. The van der Waals surface area contributed by atoms with Crippen molar-refractivity contribution in [2.45, 2.75) is 25.9 Å². The molecule has 86 valence electrons. The van der Waals surface area contributed by atoms with Crippen molar-refractivity contribution >= 4 is 27.7 Å². The molecule has 0 aliphatic carbocycles. The van der Waals surface area contributed by atoms with Crippen LogP contribution in [-0.4, -0.2) is 23.6 Å². The van der Waals surface area contributed by atoms with Crippen LogP contribution in [-0.2, 0) is 9.53 Å². The highest BCUT2D eigenvalue weighted by atomic mass is 79.9. The van der Waals surface area contributed by atoms with Gasteiger partial charge in [-0.3, -0.25) is 4.79 Å². The molecule has 16 heavy (non-hydrogen) atoms. The summed E-state index contributed by atoms with van der Waals surface area (Å²) in [6.45, 7) is 2.55. The fourth-order valence-corrected chi connectivity index (χ4v) is 1.83. The van der Waals surface area contributed by atoms with Crippen LogP contribution in [0.15, 0.2) is 16.6 Å². The number of ether oxygens (including phenoxy) is 1. The standard InChI is InChI=1S/C11H13BrN2O2/c1-7-8(12)4-5-10(13-7)14-11(15)9-3-2-6-16-9/h4-5,9H,2-3,6H2,1H3,(H,13,14,15)/t9-/m1/s1. The van der Waals surface area contributed by atoms with Crippen LogP contribution in [0.1, 0.15) is 18.5 Å². The van der Waals surface area contributed by atoms with Crippen molar-refractivity contribution in [1.29, 1.82) is 0 Å². The Bertz CT molecular complexity index is 403. The molecule has 1 fully saturated rings. The SMILES string of the molecule is Cc1nc(NC(=O)[C@H]2CCCO2)ccc1Br. The van der Waals surface area contributed by atoms with E-state index in [0.717, 1.165) is 23.0 Å². The number of carbonyl (C=O) groups excluding carboxylic acids is 1. The fraction of sp³-hybridized carbons (Fsp3) is 0.455. The largest absolute Gasteiger partial charge is 0.368 e. The van der Waals surface area contributed by atoms with E-state index in [9.17, 15) is 4.79 Å². The molecule has 1 aliphatic heterocycles. The molecule has 2 heterocycles. The van der Waals surface area contributed by atoms with Crippen molar-refractivity contribution < 1.29 is 9.53 Å². The molecule has 1 aliphatic rings. The third-order valence-electron chi connectivity index (χ3n) is 2.49. The fourth-order valence-electron chi connectivity index (χ4n) is 1.60. The highest BCUT2D eigenvalue weighted by Gasteiger charge is 2.23. The van der Waals surface area contributed by atoms with Crippen LogP contribution >= 0.6 is 15.9 Å². The molecule has 0 saturated carbocycles. The van der Waals surface area contributed by atoms with Gasteiger partial charge in [0.2, 0.25) is 0 Å². The molecule has 0 spiro atoms. The minimum atomic E-state index is -0.314. The minimum Gasteiger partial charge on any atom is -0.368 e. The second kappa shape index (κ2) is 4.93. The van der Waals surface area contributed by atoms with E-state index in [1.54, 1.807) is 6.07 Å². The summed E-state index contributed by atoms with van der Waals surface area (Å²) in [5, 5.41) is 2.76. The van der Waals surface area contributed by atoms with Crippen LogP contribution in [0.5, 0.6) is 0 Å². The molecule has 0 radical (unpaired) electrons. The predicted octanol–water partition coefficient (Wildman–Crippen LogP) is 2.27. The lowest BCUT2D eigenvalue weighted by molar-refractivity contribution is -0.124. The highest BCUT2D eigenvalue weighted by Crippen LogP contribution is 2.18. The second-order valence-corrected chi connectivity index (χ2v) is 4.61. The monoisotopic (exact) mass is 284 g/mol. The number of aromatic nitrogens is 1. The average molecular weight is 285 g/mol. The van der Waals surface area contributed by atoms with E-state index in [2.05, 4.69) is 26.2 Å². The summed E-state index contributed by atoms with van der Waals surface area (Å²) in [6.07, 6.45) is 1.43. The summed E-state index contributed by atoms with van der Waals surface area (Å²) in [4.78, 5) is 16.0. The first kappa shape index (κ1) is 11.5. The first-order valence-corrected chi connectivity index (χ1v) is 6.02. The van der Waals surface area contributed by atoms with Crippen LogP contribution in [0.4, 0.5) is 5.82 Å². The lowest BCUT2D eigenvalue weighted by Gasteiger charge is -2.10. The molecule has 4 nitrogen and oxygen atoms in total. The first-order chi connectivity index (χ1) is 7.66. The minimum absolute atomic E-state index is 0.105. The van der Waals surface area contributed by atoms with Gasteiger partial charge in [-0.1, -0.05) is 0 Å². The number of aryl methyl sites for hydroxylation is 1.